The lowest BCUT2D eigenvalue weighted by molar-refractivity contribution is -0.143. The van der Waals surface area contributed by atoms with E-state index in [1.54, 1.807) is 0 Å². The van der Waals surface area contributed by atoms with Crippen LogP contribution in [-0.2, 0) is 23.2 Å². The molecule has 0 unspecified atom stereocenters. The fourth-order valence-corrected chi connectivity index (χ4v) is 3.24. The number of carbonyl (C=O) groups excluding carboxylic acids is 1. The number of aryl methyl sites for hydroxylation is 1. The number of hydrogen-bond acceptors (Lipinski definition) is 6. The molecule has 2 heterocycles. The Morgan fingerprint density at radius 3 is 2.28 bits per heavy atom. The highest BCUT2D eigenvalue weighted by Crippen LogP contribution is 2.29. The van der Waals surface area contributed by atoms with Crippen molar-refractivity contribution in [3.8, 4) is 0 Å². The molecule has 13 heteroatoms. The van der Waals surface area contributed by atoms with Crippen LogP contribution >= 0.6 is 0 Å². The number of sulfonamides is 1. The quantitative estimate of drug-likeness (QED) is 0.646. The van der Waals surface area contributed by atoms with Gasteiger partial charge in [-0.3, -0.25) is 9.48 Å². The van der Waals surface area contributed by atoms with Gasteiger partial charge >= 0.3 is 6.18 Å². The zero-order valence-corrected chi connectivity index (χ0v) is 15.5. The molecule has 0 aliphatic rings. The molecule has 0 aliphatic heterocycles. The lowest BCUT2D eigenvalue weighted by Gasteiger charge is -2.08. The molecule has 0 saturated heterocycles. The van der Waals surface area contributed by atoms with Crippen molar-refractivity contribution in [2.24, 2.45) is 7.05 Å². The van der Waals surface area contributed by atoms with E-state index < -0.39 is 33.5 Å². The number of anilines is 2. The third-order valence-corrected chi connectivity index (χ3v) is 4.96. The third-order valence-electron chi connectivity index (χ3n) is 3.62. The SMILES string of the molecule is Cn1nc(C(=O)Nc2ccc(S(=O)(=O)Nc3ncccn3)cc2)cc1C(F)(F)F. The van der Waals surface area contributed by atoms with Gasteiger partial charge in [0.25, 0.3) is 15.9 Å². The Labute approximate surface area is 162 Å². The summed E-state index contributed by atoms with van der Waals surface area (Å²) in [5.74, 6) is -0.983. The molecule has 2 aromatic heterocycles. The molecule has 0 fully saturated rings. The number of halogens is 3. The molecular weight excluding hydrogens is 413 g/mol. The summed E-state index contributed by atoms with van der Waals surface area (Å²) in [5, 5.41) is 5.90. The van der Waals surface area contributed by atoms with Crippen molar-refractivity contribution in [3.63, 3.8) is 0 Å². The second kappa shape index (κ2) is 7.50. The average Bonchev–Trinajstić information content (AvgIpc) is 3.05. The Kier molecular flexibility index (Phi) is 5.24. The van der Waals surface area contributed by atoms with Gasteiger partial charge in [-0.2, -0.15) is 18.3 Å². The Morgan fingerprint density at radius 1 is 1.10 bits per heavy atom. The van der Waals surface area contributed by atoms with Crippen molar-refractivity contribution < 1.29 is 26.4 Å². The van der Waals surface area contributed by atoms with Gasteiger partial charge in [-0.15, -0.1) is 0 Å². The van der Waals surface area contributed by atoms with Gasteiger partial charge in [0.1, 0.15) is 5.69 Å². The van der Waals surface area contributed by atoms with E-state index in [0.29, 0.717) is 10.7 Å². The zero-order chi connectivity index (χ0) is 21.2. The van der Waals surface area contributed by atoms with Crippen molar-refractivity contribution >= 4 is 27.6 Å². The highest BCUT2D eigenvalue weighted by atomic mass is 32.2. The monoisotopic (exact) mass is 426 g/mol. The molecule has 29 heavy (non-hydrogen) atoms. The van der Waals surface area contributed by atoms with Gasteiger partial charge in [-0.1, -0.05) is 0 Å². The first-order valence-corrected chi connectivity index (χ1v) is 9.37. The van der Waals surface area contributed by atoms with Crippen LogP contribution < -0.4 is 10.0 Å². The summed E-state index contributed by atoms with van der Waals surface area (Å²) in [4.78, 5) is 19.5. The largest absolute Gasteiger partial charge is 0.433 e. The molecule has 0 aliphatic carbocycles. The van der Waals surface area contributed by atoms with Crippen LogP contribution in [0.15, 0.2) is 53.7 Å². The minimum atomic E-state index is -4.65. The number of carbonyl (C=O) groups is 1. The fourth-order valence-electron chi connectivity index (χ4n) is 2.29. The number of benzene rings is 1. The fraction of sp³-hybridized carbons (Fsp3) is 0.125. The summed E-state index contributed by atoms with van der Waals surface area (Å²) in [6.45, 7) is 0. The number of nitrogens with zero attached hydrogens (tertiary/aromatic N) is 4. The summed E-state index contributed by atoms with van der Waals surface area (Å²) >= 11 is 0. The van der Waals surface area contributed by atoms with E-state index in [1.165, 1.54) is 42.7 Å². The van der Waals surface area contributed by atoms with Crippen molar-refractivity contribution in [1.29, 1.82) is 0 Å². The predicted octanol–water partition coefficient (Wildman–Crippen LogP) is 2.28. The lowest BCUT2D eigenvalue weighted by atomic mass is 10.3. The minimum Gasteiger partial charge on any atom is -0.321 e. The van der Waals surface area contributed by atoms with Crippen molar-refractivity contribution in [2.45, 2.75) is 11.1 Å². The number of alkyl halides is 3. The van der Waals surface area contributed by atoms with E-state index >= 15 is 0 Å². The van der Waals surface area contributed by atoms with Crippen LogP contribution in [0.2, 0.25) is 0 Å². The van der Waals surface area contributed by atoms with Gasteiger partial charge in [0, 0.05) is 31.2 Å². The molecule has 1 amide bonds. The molecule has 2 N–H and O–H groups in total. The van der Waals surface area contributed by atoms with E-state index in [0.717, 1.165) is 7.05 Å². The lowest BCUT2D eigenvalue weighted by Crippen LogP contribution is -2.15. The number of nitrogens with one attached hydrogen (secondary N) is 2. The summed E-state index contributed by atoms with van der Waals surface area (Å²) < 4.78 is 65.7. The smallest absolute Gasteiger partial charge is 0.321 e. The highest BCUT2D eigenvalue weighted by molar-refractivity contribution is 7.92. The number of aromatic nitrogens is 4. The maximum atomic E-state index is 12.8. The van der Waals surface area contributed by atoms with Gasteiger partial charge in [-0.05, 0) is 30.3 Å². The maximum absolute atomic E-state index is 12.8. The average molecular weight is 426 g/mol. The molecule has 9 nitrogen and oxygen atoms in total. The van der Waals surface area contributed by atoms with Crippen molar-refractivity contribution in [1.82, 2.24) is 19.7 Å². The van der Waals surface area contributed by atoms with E-state index in [9.17, 15) is 26.4 Å². The first-order chi connectivity index (χ1) is 13.6. The number of rotatable bonds is 5. The van der Waals surface area contributed by atoms with Crippen molar-refractivity contribution in [3.05, 3.63) is 60.2 Å². The first-order valence-electron chi connectivity index (χ1n) is 7.89. The van der Waals surface area contributed by atoms with Crippen LogP contribution in [0.1, 0.15) is 16.2 Å². The van der Waals surface area contributed by atoms with Crippen LogP contribution in [0.25, 0.3) is 0 Å². The summed E-state index contributed by atoms with van der Waals surface area (Å²) in [6.07, 6.45) is -1.91. The molecule has 3 aromatic rings. The van der Waals surface area contributed by atoms with E-state index in [-0.39, 0.29) is 16.5 Å². The molecule has 0 spiro atoms. The summed E-state index contributed by atoms with van der Waals surface area (Å²) in [6, 6.07) is 7.13. The maximum Gasteiger partial charge on any atom is 0.433 e. The minimum absolute atomic E-state index is 0.111. The second-order valence-corrected chi connectivity index (χ2v) is 7.37. The summed E-state index contributed by atoms with van der Waals surface area (Å²) in [5.41, 5.74) is -1.33. The first kappa shape index (κ1) is 20.3. The topological polar surface area (TPSA) is 119 Å². The van der Waals surface area contributed by atoms with Crippen LogP contribution in [0.3, 0.4) is 0 Å². The molecule has 0 atom stereocenters. The Morgan fingerprint density at radius 2 is 1.72 bits per heavy atom. The number of hydrogen-bond donors (Lipinski definition) is 2. The number of amides is 1. The molecule has 3 rings (SSSR count). The van der Waals surface area contributed by atoms with Crippen molar-refractivity contribution in [2.75, 3.05) is 10.0 Å². The molecular formula is C16H13F3N6O3S. The van der Waals surface area contributed by atoms with Crippen LogP contribution in [0.4, 0.5) is 24.8 Å². The van der Waals surface area contributed by atoms with E-state index in [4.69, 9.17) is 0 Å². The van der Waals surface area contributed by atoms with Crippen LogP contribution in [0.5, 0.6) is 0 Å². The highest BCUT2D eigenvalue weighted by Gasteiger charge is 2.35. The predicted molar refractivity (Wildman–Crippen MR) is 95.4 cm³/mol. The normalized spacial score (nSPS) is 11.9. The van der Waals surface area contributed by atoms with Gasteiger partial charge in [0.2, 0.25) is 5.95 Å². The summed E-state index contributed by atoms with van der Waals surface area (Å²) in [7, 11) is -2.89. The molecule has 0 bridgehead atoms. The third kappa shape index (κ3) is 4.68. The van der Waals surface area contributed by atoms with Gasteiger partial charge in [-0.25, -0.2) is 23.1 Å². The standard InChI is InChI=1S/C16H13F3N6O3S/c1-25-13(16(17,18)19)9-12(23-25)14(26)22-10-3-5-11(6-4-10)29(27,28)24-15-20-7-2-8-21-15/h2-9H,1H3,(H,22,26)(H,20,21,24). The zero-order valence-electron chi connectivity index (χ0n) is 14.7. The van der Waals surface area contributed by atoms with Gasteiger partial charge in [0.15, 0.2) is 5.69 Å². The van der Waals surface area contributed by atoms with Crippen LogP contribution in [0, 0.1) is 0 Å². The molecule has 152 valence electrons. The Bertz CT molecular complexity index is 1130. The Balaban J connectivity index is 1.73. The Hall–Kier alpha value is -3.48. The van der Waals surface area contributed by atoms with Gasteiger partial charge < -0.3 is 5.32 Å². The van der Waals surface area contributed by atoms with E-state index in [1.807, 2.05) is 0 Å². The second-order valence-electron chi connectivity index (χ2n) is 5.69. The van der Waals surface area contributed by atoms with E-state index in [2.05, 4.69) is 25.1 Å². The van der Waals surface area contributed by atoms with Crippen LogP contribution in [-0.4, -0.2) is 34.1 Å². The molecule has 0 saturated carbocycles. The van der Waals surface area contributed by atoms with Gasteiger partial charge in [0.05, 0.1) is 4.90 Å². The molecule has 1 aromatic carbocycles. The molecule has 0 radical (unpaired) electrons.